The van der Waals surface area contributed by atoms with Crippen molar-refractivity contribution in [3.8, 4) is 0 Å². The van der Waals surface area contributed by atoms with E-state index in [2.05, 4.69) is 10.6 Å². The molecular weight excluding hydrogens is 422 g/mol. The molecule has 30 heavy (non-hydrogen) atoms. The van der Waals surface area contributed by atoms with E-state index in [0.29, 0.717) is 21.7 Å². The number of anilines is 1. The first-order valence-electron chi connectivity index (χ1n) is 9.02. The monoisotopic (exact) mass is 443 g/mol. The average Bonchev–Trinajstić information content (AvgIpc) is 3.27. The van der Waals surface area contributed by atoms with Gasteiger partial charge in [0.05, 0.1) is 9.77 Å². The molecule has 3 aromatic rings. The zero-order valence-electron chi connectivity index (χ0n) is 16.5. The number of sulfonamides is 1. The van der Waals surface area contributed by atoms with Crippen LogP contribution in [0.3, 0.4) is 0 Å². The molecule has 0 unspecified atom stereocenters. The molecule has 0 aliphatic carbocycles. The lowest BCUT2D eigenvalue weighted by Crippen LogP contribution is -2.27. The maximum absolute atomic E-state index is 12.6. The number of nitrogens with zero attached hydrogens (tertiary/aromatic N) is 1. The van der Waals surface area contributed by atoms with E-state index < -0.39 is 10.0 Å². The summed E-state index contributed by atoms with van der Waals surface area (Å²) in [5.41, 5.74) is 1.34. The van der Waals surface area contributed by atoms with Gasteiger partial charge < -0.3 is 10.6 Å². The third-order valence-corrected chi connectivity index (χ3v) is 7.08. The lowest BCUT2D eigenvalue weighted by atomic mass is 10.1. The summed E-state index contributed by atoms with van der Waals surface area (Å²) in [7, 11) is -0.708. The van der Waals surface area contributed by atoms with Crippen molar-refractivity contribution in [1.29, 1.82) is 0 Å². The SMILES string of the molecule is CN(C)S(=O)(=O)c1ccccc1CNC(=O)c1cccc(NC(=O)c2cccs2)c1. The molecule has 0 spiro atoms. The molecule has 0 radical (unpaired) electrons. The molecule has 2 amide bonds. The number of rotatable bonds is 7. The van der Waals surface area contributed by atoms with Crippen LogP contribution in [0.2, 0.25) is 0 Å². The van der Waals surface area contributed by atoms with Crippen LogP contribution in [0.4, 0.5) is 5.69 Å². The Morgan fingerprint density at radius 1 is 0.967 bits per heavy atom. The fourth-order valence-electron chi connectivity index (χ4n) is 2.71. The molecule has 3 rings (SSSR count). The van der Waals surface area contributed by atoms with Crippen molar-refractivity contribution in [3.63, 3.8) is 0 Å². The van der Waals surface area contributed by atoms with Crippen molar-refractivity contribution < 1.29 is 18.0 Å². The summed E-state index contributed by atoms with van der Waals surface area (Å²) in [6.07, 6.45) is 0. The Bertz CT molecular complexity index is 1160. The van der Waals surface area contributed by atoms with Crippen LogP contribution in [0.25, 0.3) is 0 Å². The second kappa shape index (κ2) is 9.21. The van der Waals surface area contributed by atoms with Gasteiger partial charge in [-0.3, -0.25) is 9.59 Å². The van der Waals surface area contributed by atoms with Crippen molar-refractivity contribution >= 4 is 38.9 Å². The summed E-state index contributed by atoms with van der Waals surface area (Å²) in [5, 5.41) is 7.32. The molecule has 156 valence electrons. The minimum absolute atomic E-state index is 0.0495. The first kappa shape index (κ1) is 21.7. The molecule has 0 aliphatic heterocycles. The van der Waals surface area contributed by atoms with E-state index in [-0.39, 0.29) is 23.3 Å². The normalized spacial score (nSPS) is 11.3. The van der Waals surface area contributed by atoms with Crippen molar-refractivity contribution in [2.24, 2.45) is 0 Å². The smallest absolute Gasteiger partial charge is 0.265 e. The Morgan fingerprint density at radius 2 is 1.73 bits per heavy atom. The van der Waals surface area contributed by atoms with Gasteiger partial charge in [0.1, 0.15) is 0 Å². The van der Waals surface area contributed by atoms with Gasteiger partial charge >= 0.3 is 0 Å². The van der Waals surface area contributed by atoms with Gasteiger partial charge in [-0.15, -0.1) is 11.3 Å². The molecule has 2 aromatic carbocycles. The van der Waals surface area contributed by atoms with E-state index in [1.807, 2.05) is 5.38 Å². The summed E-state index contributed by atoms with van der Waals surface area (Å²) >= 11 is 1.33. The van der Waals surface area contributed by atoms with Crippen LogP contribution in [0, 0.1) is 0 Å². The predicted octanol–water partition coefficient (Wildman–Crippen LogP) is 3.18. The number of hydrogen-bond donors (Lipinski definition) is 2. The van der Waals surface area contributed by atoms with Gasteiger partial charge in [-0.25, -0.2) is 12.7 Å². The third-order valence-electron chi connectivity index (χ3n) is 4.30. The van der Waals surface area contributed by atoms with E-state index >= 15 is 0 Å². The highest BCUT2D eigenvalue weighted by Gasteiger charge is 2.21. The molecule has 0 fully saturated rings. The molecule has 0 saturated heterocycles. The van der Waals surface area contributed by atoms with E-state index in [1.54, 1.807) is 54.6 Å². The molecular formula is C21H21N3O4S2. The lowest BCUT2D eigenvalue weighted by Gasteiger charge is -2.15. The highest BCUT2D eigenvalue weighted by molar-refractivity contribution is 7.89. The van der Waals surface area contributed by atoms with E-state index in [0.717, 1.165) is 4.31 Å². The minimum atomic E-state index is -3.63. The van der Waals surface area contributed by atoms with E-state index in [1.165, 1.54) is 31.5 Å². The number of carbonyl (C=O) groups excluding carboxylic acids is 2. The molecule has 0 aliphatic rings. The topological polar surface area (TPSA) is 95.6 Å². The van der Waals surface area contributed by atoms with Crippen LogP contribution in [-0.2, 0) is 16.6 Å². The van der Waals surface area contributed by atoms with Gasteiger partial charge in [0.25, 0.3) is 11.8 Å². The number of benzene rings is 2. The molecule has 2 N–H and O–H groups in total. The van der Waals surface area contributed by atoms with E-state index in [4.69, 9.17) is 0 Å². The Hall–Kier alpha value is -3.01. The van der Waals surface area contributed by atoms with Crippen LogP contribution >= 0.6 is 11.3 Å². The average molecular weight is 444 g/mol. The van der Waals surface area contributed by atoms with E-state index in [9.17, 15) is 18.0 Å². The zero-order valence-corrected chi connectivity index (χ0v) is 18.1. The van der Waals surface area contributed by atoms with Crippen LogP contribution in [0.1, 0.15) is 25.6 Å². The van der Waals surface area contributed by atoms with Crippen molar-refractivity contribution in [3.05, 3.63) is 82.0 Å². The van der Waals surface area contributed by atoms with Gasteiger partial charge in [-0.05, 0) is 41.3 Å². The summed E-state index contributed by atoms with van der Waals surface area (Å²) in [4.78, 5) is 25.5. The highest BCUT2D eigenvalue weighted by Crippen LogP contribution is 2.19. The Morgan fingerprint density at radius 3 is 2.43 bits per heavy atom. The highest BCUT2D eigenvalue weighted by atomic mass is 32.2. The Labute approximate surface area is 179 Å². The molecule has 9 heteroatoms. The maximum atomic E-state index is 12.6. The first-order valence-corrected chi connectivity index (χ1v) is 11.3. The summed E-state index contributed by atoms with van der Waals surface area (Å²) in [6, 6.07) is 16.6. The lowest BCUT2D eigenvalue weighted by molar-refractivity contribution is 0.0949. The van der Waals surface area contributed by atoms with Gasteiger partial charge in [0.15, 0.2) is 0 Å². The maximum Gasteiger partial charge on any atom is 0.265 e. The summed E-state index contributed by atoms with van der Waals surface area (Å²) < 4.78 is 26.1. The van der Waals surface area contributed by atoms with Crippen LogP contribution in [0.5, 0.6) is 0 Å². The number of amides is 2. The Kier molecular flexibility index (Phi) is 6.66. The van der Waals surface area contributed by atoms with Crippen LogP contribution in [0.15, 0.2) is 70.9 Å². The van der Waals surface area contributed by atoms with Crippen LogP contribution < -0.4 is 10.6 Å². The number of hydrogen-bond acceptors (Lipinski definition) is 5. The van der Waals surface area contributed by atoms with Crippen molar-refractivity contribution in [2.45, 2.75) is 11.4 Å². The van der Waals surface area contributed by atoms with Gasteiger partial charge in [-0.2, -0.15) is 0 Å². The standard InChI is InChI=1S/C21H21N3O4S2/c1-24(2)30(27,28)19-11-4-3-7-16(19)14-22-20(25)15-8-5-9-17(13-15)23-21(26)18-10-6-12-29-18/h3-13H,14H2,1-2H3,(H,22,25)(H,23,26). The number of carbonyl (C=O) groups is 2. The number of nitrogens with one attached hydrogen (secondary N) is 2. The molecule has 7 nitrogen and oxygen atoms in total. The molecule has 0 saturated carbocycles. The summed E-state index contributed by atoms with van der Waals surface area (Å²) in [5.74, 6) is -0.621. The largest absolute Gasteiger partial charge is 0.348 e. The second-order valence-electron chi connectivity index (χ2n) is 6.59. The van der Waals surface area contributed by atoms with Crippen molar-refractivity contribution in [2.75, 3.05) is 19.4 Å². The van der Waals surface area contributed by atoms with Gasteiger partial charge in [-0.1, -0.05) is 30.3 Å². The molecule has 0 bridgehead atoms. The minimum Gasteiger partial charge on any atom is -0.348 e. The zero-order chi connectivity index (χ0) is 21.7. The Balaban J connectivity index is 1.72. The predicted molar refractivity (Wildman–Crippen MR) is 117 cm³/mol. The molecule has 1 heterocycles. The quantitative estimate of drug-likeness (QED) is 0.586. The van der Waals surface area contributed by atoms with Crippen LogP contribution in [-0.4, -0.2) is 38.6 Å². The molecule has 1 aromatic heterocycles. The van der Waals surface area contributed by atoms with Crippen molar-refractivity contribution in [1.82, 2.24) is 9.62 Å². The third kappa shape index (κ3) is 4.93. The fourth-order valence-corrected chi connectivity index (χ4v) is 4.45. The molecule has 0 atom stereocenters. The van der Waals surface area contributed by atoms with Gasteiger partial charge in [0, 0.05) is 31.9 Å². The first-order chi connectivity index (χ1) is 14.3. The second-order valence-corrected chi connectivity index (χ2v) is 9.66. The summed E-state index contributed by atoms with van der Waals surface area (Å²) in [6.45, 7) is 0.0495. The fraction of sp³-hybridized carbons (Fsp3) is 0.143. The van der Waals surface area contributed by atoms with Gasteiger partial charge in [0.2, 0.25) is 10.0 Å². The number of thiophene rings is 1.